The van der Waals surface area contributed by atoms with Crippen molar-refractivity contribution in [1.82, 2.24) is 4.98 Å². The summed E-state index contributed by atoms with van der Waals surface area (Å²) < 4.78 is 50.6. The minimum absolute atomic E-state index is 0. The molecule has 0 aliphatic carbocycles. The lowest BCUT2D eigenvalue weighted by molar-refractivity contribution is -0.147. The van der Waals surface area contributed by atoms with Gasteiger partial charge in [0.1, 0.15) is 12.6 Å². The number of alkyl halides is 3. The first-order chi connectivity index (χ1) is 16.6. The van der Waals surface area contributed by atoms with Crippen molar-refractivity contribution < 1.29 is 32.2 Å². The van der Waals surface area contributed by atoms with Crippen molar-refractivity contribution in [3.63, 3.8) is 0 Å². The summed E-state index contributed by atoms with van der Waals surface area (Å²) in [6, 6.07) is 10.2. The Labute approximate surface area is 209 Å². The maximum Gasteiger partial charge on any atom is 0.417 e. The van der Waals surface area contributed by atoms with Gasteiger partial charge in [0.2, 0.25) is 0 Å². The number of pyridine rings is 1. The van der Waals surface area contributed by atoms with Crippen molar-refractivity contribution in [1.29, 1.82) is 0 Å². The smallest absolute Gasteiger partial charge is 0.417 e. The predicted molar refractivity (Wildman–Crippen MR) is 129 cm³/mol. The third-order valence-electron chi connectivity index (χ3n) is 5.69. The fraction of sp³-hybridized carbons (Fsp3) is 0.292. The van der Waals surface area contributed by atoms with E-state index in [0.717, 1.165) is 6.07 Å². The fourth-order valence-corrected chi connectivity index (χ4v) is 3.79. The Balaban J connectivity index is 0.00000361. The minimum Gasteiger partial charge on any atom is -0.461 e. The molecule has 2 aromatic carbocycles. The number of carbonyl (C=O) groups excluding carboxylic acids is 2. The van der Waals surface area contributed by atoms with Crippen molar-refractivity contribution in [2.45, 2.75) is 31.7 Å². The van der Waals surface area contributed by atoms with E-state index in [2.05, 4.69) is 4.98 Å². The number of ether oxygens (including phenoxy) is 2. The maximum atomic E-state index is 13.4. The molecule has 1 saturated heterocycles. The van der Waals surface area contributed by atoms with Crippen LogP contribution in [0, 0.1) is 0 Å². The molecule has 4 rings (SSSR count). The highest BCUT2D eigenvalue weighted by molar-refractivity contribution is 5.95. The molecule has 1 fully saturated rings. The lowest BCUT2D eigenvalue weighted by Gasteiger charge is -2.15. The van der Waals surface area contributed by atoms with Gasteiger partial charge in [-0.2, -0.15) is 13.2 Å². The highest BCUT2D eigenvalue weighted by Gasteiger charge is 2.35. The number of carbonyl (C=O) groups is 2. The van der Waals surface area contributed by atoms with Gasteiger partial charge in [-0.1, -0.05) is 31.2 Å². The molecule has 1 amide bonds. The second kappa shape index (κ2) is 10.6. The standard InChI is InChI=1S/C24H22F3N3O5.ClH/c1-2-19(28)22(32)34-12-15-11-30(23(33)35-15)14-8-7-13-9-20(29-21(31)17(13)10-14)16-5-3-4-6-18(16)24(25,26)27;/h3-10,15,19H,2,11-12,28H2,1H3,(H,29,31);1H/t15-,19+;/m1./s1. The average molecular weight is 526 g/mol. The van der Waals surface area contributed by atoms with Gasteiger partial charge in [-0.05, 0) is 36.1 Å². The van der Waals surface area contributed by atoms with Crippen LogP contribution in [-0.2, 0) is 20.4 Å². The molecule has 192 valence electrons. The topological polar surface area (TPSA) is 115 Å². The van der Waals surface area contributed by atoms with Gasteiger partial charge in [0.15, 0.2) is 6.10 Å². The number of anilines is 1. The van der Waals surface area contributed by atoms with Gasteiger partial charge in [-0.3, -0.25) is 14.5 Å². The quantitative estimate of drug-likeness (QED) is 0.465. The van der Waals surface area contributed by atoms with Crippen LogP contribution in [-0.4, -0.2) is 42.3 Å². The Morgan fingerprint density at radius 2 is 1.94 bits per heavy atom. The number of aromatic amines is 1. The van der Waals surface area contributed by atoms with E-state index in [1.807, 2.05) is 0 Å². The Kier molecular flexibility index (Phi) is 7.95. The Hall–Kier alpha value is -3.57. The molecule has 3 aromatic rings. The van der Waals surface area contributed by atoms with E-state index >= 15 is 0 Å². The lowest BCUT2D eigenvalue weighted by Crippen LogP contribution is -2.34. The van der Waals surface area contributed by atoms with Crippen molar-refractivity contribution in [3.8, 4) is 11.3 Å². The van der Waals surface area contributed by atoms with Crippen molar-refractivity contribution in [2.75, 3.05) is 18.1 Å². The molecule has 1 aliphatic heterocycles. The number of fused-ring (bicyclic) bond motifs is 1. The van der Waals surface area contributed by atoms with Crippen LogP contribution >= 0.6 is 12.4 Å². The number of nitrogens with two attached hydrogens (primary N) is 1. The number of hydrogen-bond acceptors (Lipinski definition) is 6. The molecule has 12 heteroatoms. The number of H-pyrrole nitrogens is 1. The number of aromatic nitrogens is 1. The van der Waals surface area contributed by atoms with Crippen LogP contribution in [0.5, 0.6) is 0 Å². The number of benzene rings is 2. The van der Waals surface area contributed by atoms with Crippen LogP contribution in [0.1, 0.15) is 18.9 Å². The molecule has 0 saturated carbocycles. The van der Waals surface area contributed by atoms with Gasteiger partial charge in [-0.25, -0.2) is 4.79 Å². The lowest BCUT2D eigenvalue weighted by atomic mass is 10.0. The molecule has 1 aliphatic rings. The van der Waals surface area contributed by atoms with Gasteiger partial charge in [0.05, 0.1) is 12.1 Å². The third-order valence-corrected chi connectivity index (χ3v) is 5.69. The van der Waals surface area contributed by atoms with E-state index < -0.39 is 41.5 Å². The van der Waals surface area contributed by atoms with E-state index in [1.54, 1.807) is 19.1 Å². The molecule has 8 nitrogen and oxygen atoms in total. The van der Waals surface area contributed by atoms with Crippen molar-refractivity contribution in [2.24, 2.45) is 5.73 Å². The molecule has 0 unspecified atom stereocenters. The number of amides is 1. The Morgan fingerprint density at radius 1 is 1.22 bits per heavy atom. The van der Waals surface area contributed by atoms with E-state index in [9.17, 15) is 27.6 Å². The van der Waals surface area contributed by atoms with E-state index in [-0.39, 0.29) is 42.2 Å². The summed E-state index contributed by atoms with van der Waals surface area (Å²) in [6.45, 7) is 1.65. The maximum absolute atomic E-state index is 13.4. The van der Waals surface area contributed by atoms with Crippen LogP contribution in [0.2, 0.25) is 0 Å². The minimum atomic E-state index is -4.59. The molecule has 36 heavy (non-hydrogen) atoms. The van der Waals surface area contributed by atoms with Crippen LogP contribution in [0.4, 0.5) is 23.7 Å². The van der Waals surface area contributed by atoms with Gasteiger partial charge in [0, 0.05) is 22.3 Å². The average Bonchev–Trinajstić information content (AvgIpc) is 3.21. The molecule has 1 aromatic heterocycles. The SMILES string of the molecule is CC[C@H](N)C(=O)OC[C@H]1CN(c2ccc3cc(-c4ccccc4C(F)(F)F)[nH]c(=O)c3c2)C(=O)O1.Cl. The van der Waals surface area contributed by atoms with Crippen molar-refractivity contribution in [3.05, 3.63) is 64.4 Å². The first-order valence-corrected chi connectivity index (χ1v) is 10.8. The van der Waals surface area contributed by atoms with Crippen LogP contribution < -0.4 is 16.2 Å². The highest BCUT2D eigenvalue weighted by atomic mass is 35.5. The molecule has 0 radical (unpaired) electrons. The molecular weight excluding hydrogens is 503 g/mol. The number of cyclic esters (lactones) is 1. The second-order valence-corrected chi connectivity index (χ2v) is 8.09. The largest absolute Gasteiger partial charge is 0.461 e. The molecule has 0 bridgehead atoms. The van der Waals surface area contributed by atoms with Gasteiger partial charge >= 0.3 is 18.2 Å². The highest BCUT2D eigenvalue weighted by Crippen LogP contribution is 2.36. The molecule has 2 atom stereocenters. The second-order valence-electron chi connectivity index (χ2n) is 8.09. The number of hydrogen-bond donors (Lipinski definition) is 2. The third kappa shape index (κ3) is 5.47. The van der Waals surface area contributed by atoms with Crippen LogP contribution in [0.15, 0.2) is 53.3 Å². The fourth-order valence-electron chi connectivity index (χ4n) is 3.79. The van der Waals surface area contributed by atoms with Gasteiger partial charge in [0.25, 0.3) is 5.56 Å². The first kappa shape index (κ1) is 27.0. The van der Waals surface area contributed by atoms with Crippen LogP contribution in [0.3, 0.4) is 0 Å². The number of halogens is 4. The van der Waals surface area contributed by atoms with Crippen molar-refractivity contribution >= 4 is 40.9 Å². The summed E-state index contributed by atoms with van der Waals surface area (Å²) in [5.41, 5.74) is 4.37. The zero-order valence-corrected chi connectivity index (χ0v) is 19.8. The summed E-state index contributed by atoms with van der Waals surface area (Å²) in [5, 5.41) is 0.586. The Morgan fingerprint density at radius 3 is 2.64 bits per heavy atom. The zero-order chi connectivity index (χ0) is 25.3. The summed E-state index contributed by atoms with van der Waals surface area (Å²) >= 11 is 0. The summed E-state index contributed by atoms with van der Waals surface area (Å²) in [7, 11) is 0. The number of nitrogens with zero attached hydrogens (tertiary/aromatic N) is 1. The monoisotopic (exact) mass is 525 g/mol. The molecular formula is C24H23ClF3N3O5. The van der Waals surface area contributed by atoms with Gasteiger partial charge in [-0.15, -0.1) is 12.4 Å². The number of rotatable bonds is 6. The predicted octanol–water partition coefficient (Wildman–Crippen LogP) is 4.24. The van der Waals surface area contributed by atoms with Gasteiger partial charge < -0.3 is 20.2 Å². The molecule has 0 spiro atoms. The van der Waals surface area contributed by atoms with Crippen LogP contribution in [0.25, 0.3) is 22.0 Å². The summed E-state index contributed by atoms with van der Waals surface area (Å²) in [6.07, 6.45) is -5.58. The number of nitrogens with one attached hydrogen (secondary N) is 1. The zero-order valence-electron chi connectivity index (χ0n) is 19.0. The summed E-state index contributed by atoms with van der Waals surface area (Å²) in [4.78, 5) is 40.7. The molecule has 3 N–H and O–H groups in total. The number of esters is 1. The molecule has 2 heterocycles. The Bertz CT molecular complexity index is 1340. The van der Waals surface area contributed by atoms with E-state index in [4.69, 9.17) is 15.2 Å². The first-order valence-electron chi connectivity index (χ1n) is 10.8. The van der Waals surface area contributed by atoms with E-state index in [1.165, 1.54) is 35.2 Å². The summed E-state index contributed by atoms with van der Waals surface area (Å²) in [5.74, 6) is -0.595. The normalized spacial score (nSPS) is 16.4. The van der Waals surface area contributed by atoms with E-state index in [0.29, 0.717) is 17.5 Å².